The number of thiophene rings is 1. The van der Waals surface area contributed by atoms with Crippen LogP contribution in [0.25, 0.3) is 0 Å². The van der Waals surface area contributed by atoms with Gasteiger partial charge in [-0.2, -0.15) is 0 Å². The van der Waals surface area contributed by atoms with Crippen LogP contribution in [-0.2, 0) is 0 Å². The molecule has 3 rings (SSSR count). The summed E-state index contributed by atoms with van der Waals surface area (Å²) in [5.41, 5.74) is 2.86. The average molecular weight is 304 g/mol. The van der Waals surface area contributed by atoms with Crippen LogP contribution in [0.4, 0.5) is 15.8 Å². The summed E-state index contributed by atoms with van der Waals surface area (Å²) in [7, 11) is 0. The van der Waals surface area contributed by atoms with Gasteiger partial charge in [0.1, 0.15) is 5.82 Å². The van der Waals surface area contributed by atoms with Gasteiger partial charge in [0.2, 0.25) is 0 Å². The Morgan fingerprint density at radius 3 is 2.62 bits per heavy atom. The number of rotatable bonds is 4. The molecule has 1 N–H and O–H groups in total. The van der Waals surface area contributed by atoms with Crippen molar-refractivity contribution in [3.05, 3.63) is 45.9 Å². The van der Waals surface area contributed by atoms with Gasteiger partial charge in [-0.1, -0.05) is 0 Å². The van der Waals surface area contributed by atoms with Gasteiger partial charge in [-0.05, 0) is 61.9 Å². The van der Waals surface area contributed by atoms with E-state index in [1.165, 1.54) is 10.4 Å². The fourth-order valence-corrected chi connectivity index (χ4v) is 3.89. The predicted octanol–water partition coefficient (Wildman–Crippen LogP) is 4.97. The number of anilines is 2. The monoisotopic (exact) mass is 304 g/mol. The third kappa shape index (κ3) is 3.05. The first-order valence-electron chi connectivity index (χ1n) is 7.50. The Morgan fingerprint density at radius 2 is 2.00 bits per heavy atom. The molecule has 2 aromatic rings. The number of hydrogen-bond donors (Lipinski definition) is 1. The minimum absolute atomic E-state index is 0.128. The lowest BCUT2D eigenvalue weighted by molar-refractivity contribution is 0.623. The first-order valence-corrected chi connectivity index (χ1v) is 8.38. The van der Waals surface area contributed by atoms with Crippen LogP contribution >= 0.6 is 11.3 Å². The Bertz CT molecular complexity index is 617. The van der Waals surface area contributed by atoms with Crippen molar-refractivity contribution in [1.82, 2.24) is 0 Å². The highest BCUT2D eigenvalue weighted by atomic mass is 32.1. The lowest BCUT2D eigenvalue weighted by atomic mass is 10.1. The van der Waals surface area contributed by atoms with Crippen LogP contribution < -0.4 is 10.2 Å². The Kier molecular flexibility index (Phi) is 4.15. The standard InChI is InChI=1S/C17H21FN2S/c1-12-7-10-21-17(12)13(2)19-14-5-6-16(15(18)11-14)20-8-3-4-9-20/h5-7,10-11,13,19H,3-4,8-9H2,1-2H3. The maximum Gasteiger partial charge on any atom is 0.148 e. The first-order chi connectivity index (χ1) is 10.1. The van der Waals surface area contributed by atoms with E-state index in [-0.39, 0.29) is 11.9 Å². The molecule has 1 aromatic carbocycles. The summed E-state index contributed by atoms with van der Waals surface area (Å²) in [5.74, 6) is -0.128. The summed E-state index contributed by atoms with van der Waals surface area (Å²) in [4.78, 5) is 3.44. The molecule has 0 aliphatic carbocycles. The summed E-state index contributed by atoms with van der Waals surface area (Å²) < 4.78 is 14.3. The molecule has 0 amide bonds. The predicted molar refractivity (Wildman–Crippen MR) is 88.9 cm³/mol. The van der Waals surface area contributed by atoms with Crippen LogP contribution in [0.5, 0.6) is 0 Å². The van der Waals surface area contributed by atoms with Gasteiger partial charge in [-0.25, -0.2) is 4.39 Å². The second kappa shape index (κ2) is 6.06. The van der Waals surface area contributed by atoms with Gasteiger partial charge >= 0.3 is 0 Å². The lowest BCUT2D eigenvalue weighted by Crippen LogP contribution is -2.19. The summed E-state index contributed by atoms with van der Waals surface area (Å²) >= 11 is 1.74. The fraction of sp³-hybridized carbons (Fsp3) is 0.412. The normalized spacial score (nSPS) is 16.2. The molecular formula is C17H21FN2S. The van der Waals surface area contributed by atoms with Crippen molar-refractivity contribution in [2.24, 2.45) is 0 Å². The van der Waals surface area contributed by atoms with Crippen molar-refractivity contribution in [2.75, 3.05) is 23.3 Å². The number of nitrogens with zero attached hydrogens (tertiary/aromatic N) is 1. The molecule has 1 fully saturated rings. The number of aryl methyl sites for hydroxylation is 1. The quantitative estimate of drug-likeness (QED) is 0.858. The van der Waals surface area contributed by atoms with E-state index in [9.17, 15) is 4.39 Å². The molecule has 4 heteroatoms. The van der Waals surface area contributed by atoms with Gasteiger partial charge in [0.15, 0.2) is 0 Å². The smallest absolute Gasteiger partial charge is 0.148 e. The first kappa shape index (κ1) is 14.4. The Balaban J connectivity index is 1.74. The number of nitrogens with one attached hydrogen (secondary N) is 1. The van der Waals surface area contributed by atoms with Crippen molar-refractivity contribution in [2.45, 2.75) is 32.7 Å². The molecule has 0 spiro atoms. The van der Waals surface area contributed by atoms with Crippen molar-refractivity contribution in [3.63, 3.8) is 0 Å². The van der Waals surface area contributed by atoms with Gasteiger partial charge in [-0.15, -0.1) is 11.3 Å². The molecule has 0 radical (unpaired) electrons. The summed E-state index contributed by atoms with van der Waals surface area (Å²) in [5, 5.41) is 5.49. The summed E-state index contributed by atoms with van der Waals surface area (Å²) in [6.07, 6.45) is 2.32. The molecule has 1 saturated heterocycles. The molecule has 1 aromatic heterocycles. The van der Waals surface area contributed by atoms with Gasteiger partial charge in [0.25, 0.3) is 0 Å². The molecule has 2 heterocycles. The van der Waals surface area contributed by atoms with Crippen molar-refractivity contribution in [1.29, 1.82) is 0 Å². The molecule has 21 heavy (non-hydrogen) atoms. The number of halogens is 1. The second-order valence-electron chi connectivity index (χ2n) is 5.69. The Morgan fingerprint density at radius 1 is 1.24 bits per heavy atom. The zero-order valence-electron chi connectivity index (χ0n) is 12.5. The largest absolute Gasteiger partial charge is 0.378 e. The molecule has 0 bridgehead atoms. The van der Waals surface area contributed by atoms with Crippen LogP contribution in [0.2, 0.25) is 0 Å². The Hall–Kier alpha value is -1.55. The van der Waals surface area contributed by atoms with E-state index in [2.05, 4.69) is 35.5 Å². The van der Waals surface area contributed by atoms with E-state index in [4.69, 9.17) is 0 Å². The van der Waals surface area contributed by atoms with E-state index in [0.717, 1.165) is 37.3 Å². The fourth-order valence-electron chi connectivity index (χ4n) is 2.95. The highest BCUT2D eigenvalue weighted by Crippen LogP contribution is 2.30. The number of benzene rings is 1. The molecular weight excluding hydrogens is 283 g/mol. The molecule has 112 valence electrons. The van der Waals surface area contributed by atoms with Crippen LogP contribution in [0.1, 0.15) is 36.2 Å². The molecule has 1 atom stereocenters. The minimum Gasteiger partial charge on any atom is -0.378 e. The molecule has 1 aliphatic heterocycles. The van der Waals surface area contributed by atoms with E-state index < -0.39 is 0 Å². The van der Waals surface area contributed by atoms with Gasteiger partial charge in [0, 0.05) is 23.7 Å². The molecule has 2 nitrogen and oxygen atoms in total. The van der Waals surface area contributed by atoms with Gasteiger partial charge in [0.05, 0.1) is 11.7 Å². The van der Waals surface area contributed by atoms with Gasteiger partial charge < -0.3 is 10.2 Å². The SMILES string of the molecule is Cc1ccsc1C(C)Nc1ccc(N2CCCC2)c(F)c1. The zero-order chi connectivity index (χ0) is 14.8. The third-order valence-electron chi connectivity index (χ3n) is 4.07. The molecule has 0 saturated carbocycles. The third-order valence-corrected chi connectivity index (χ3v) is 5.27. The second-order valence-corrected chi connectivity index (χ2v) is 6.64. The van der Waals surface area contributed by atoms with Gasteiger partial charge in [-0.3, -0.25) is 0 Å². The summed E-state index contributed by atoms with van der Waals surface area (Å²) in [6, 6.07) is 7.82. The van der Waals surface area contributed by atoms with E-state index in [1.54, 1.807) is 17.4 Å². The zero-order valence-corrected chi connectivity index (χ0v) is 13.3. The van der Waals surface area contributed by atoms with Crippen LogP contribution in [0.15, 0.2) is 29.6 Å². The topological polar surface area (TPSA) is 15.3 Å². The molecule has 1 unspecified atom stereocenters. The highest BCUT2D eigenvalue weighted by molar-refractivity contribution is 7.10. The highest BCUT2D eigenvalue weighted by Gasteiger charge is 2.17. The van der Waals surface area contributed by atoms with E-state index >= 15 is 0 Å². The van der Waals surface area contributed by atoms with Crippen molar-refractivity contribution >= 4 is 22.7 Å². The Labute approximate surface area is 129 Å². The lowest BCUT2D eigenvalue weighted by Gasteiger charge is -2.20. The van der Waals surface area contributed by atoms with Crippen LogP contribution in [0, 0.1) is 12.7 Å². The van der Waals surface area contributed by atoms with Crippen LogP contribution in [-0.4, -0.2) is 13.1 Å². The van der Waals surface area contributed by atoms with Crippen molar-refractivity contribution < 1.29 is 4.39 Å². The maximum atomic E-state index is 14.3. The maximum absolute atomic E-state index is 14.3. The average Bonchev–Trinajstić information content (AvgIpc) is 3.10. The summed E-state index contributed by atoms with van der Waals surface area (Å²) in [6.45, 7) is 6.16. The van der Waals surface area contributed by atoms with E-state index in [0.29, 0.717) is 0 Å². The van der Waals surface area contributed by atoms with E-state index in [1.807, 2.05) is 12.1 Å². The number of hydrogen-bond acceptors (Lipinski definition) is 3. The molecule has 1 aliphatic rings. The minimum atomic E-state index is -0.128. The van der Waals surface area contributed by atoms with Crippen LogP contribution in [0.3, 0.4) is 0 Å². The van der Waals surface area contributed by atoms with Crippen molar-refractivity contribution in [3.8, 4) is 0 Å².